The quantitative estimate of drug-likeness (QED) is 0.712. The van der Waals surface area contributed by atoms with Crippen LogP contribution in [-0.4, -0.2) is 24.4 Å². The summed E-state index contributed by atoms with van der Waals surface area (Å²) in [7, 11) is 0. The Kier molecular flexibility index (Phi) is 4.04. The lowest BCUT2D eigenvalue weighted by atomic mass is 10.0. The number of ether oxygens (including phenoxy) is 2. The maximum Gasteiger partial charge on any atom is 0.0579 e. The van der Waals surface area contributed by atoms with E-state index in [2.05, 4.69) is 13.8 Å². The van der Waals surface area contributed by atoms with Gasteiger partial charge in [0.15, 0.2) is 0 Å². The lowest BCUT2D eigenvalue weighted by molar-refractivity contribution is 0.0338. The summed E-state index contributed by atoms with van der Waals surface area (Å²) in [6.45, 7) is 4.36. The smallest absolute Gasteiger partial charge is 0.0579 e. The van der Waals surface area contributed by atoms with Gasteiger partial charge in [-0.1, -0.05) is 0 Å². The molecule has 2 saturated heterocycles. The first-order chi connectivity index (χ1) is 7.24. The van der Waals surface area contributed by atoms with Crippen molar-refractivity contribution in [2.45, 2.75) is 83.2 Å². The molecule has 0 N–H and O–H groups in total. The van der Waals surface area contributed by atoms with Crippen LogP contribution in [0.1, 0.15) is 58.8 Å². The third-order valence-corrected chi connectivity index (χ3v) is 3.69. The van der Waals surface area contributed by atoms with Crippen molar-refractivity contribution >= 4 is 0 Å². The first-order valence-electron chi connectivity index (χ1n) is 6.55. The molecular formula is C13H24O2. The third-order valence-electron chi connectivity index (χ3n) is 3.69. The predicted molar refractivity (Wildman–Crippen MR) is 61.0 cm³/mol. The molecule has 2 aliphatic rings. The highest BCUT2D eigenvalue weighted by molar-refractivity contribution is 4.74. The summed E-state index contributed by atoms with van der Waals surface area (Å²) in [5.41, 5.74) is 0. The van der Waals surface area contributed by atoms with Crippen LogP contribution in [0.2, 0.25) is 0 Å². The summed E-state index contributed by atoms with van der Waals surface area (Å²) < 4.78 is 11.6. The molecule has 2 aliphatic heterocycles. The standard InChI is InChI=1S/C13H24O2/c1-10-6-8-12(14-10)4-3-5-13-9-7-11(2)15-13/h10-13H,3-9H2,1-2H3. The van der Waals surface area contributed by atoms with E-state index < -0.39 is 0 Å². The molecule has 0 aromatic rings. The second-order valence-electron chi connectivity index (χ2n) is 5.22. The van der Waals surface area contributed by atoms with E-state index in [4.69, 9.17) is 9.47 Å². The zero-order chi connectivity index (χ0) is 10.7. The van der Waals surface area contributed by atoms with Crippen LogP contribution in [-0.2, 0) is 9.47 Å². The summed E-state index contributed by atoms with van der Waals surface area (Å²) >= 11 is 0. The fourth-order valence-electron chi connectivity index (χ4n) is 2.77. The Labute approximate surface area is 93.3 Å². The summed E-state index contributed by atoms with van der Waals surface area (Å²) in [4.78, 5) is 0. The van der Waals surface area contributed by atoms with E-state index in [1.807, 2.05) is 0 Å². The first-order valence-corrected chi connectivity index (χ1v) is 6.55. The Morgan fingerprint density at radius 2 is 1.27 bits per heavy atom. The second kappa shape index (κ2) is 5.31. The van der Waals surface area contributed by atoms with E-state index in [9.17, 15) is 0 Å². The van der Waals surface area contributed by atoms with Gasteiger partial charge in [-0.25, -0.2) is 0 Å². The van der Waals surface area contributed by atoms with E-state index in [0.29, 0.717) is 24.4 Å². The maximum absolute atomic E-state index is 5.81. The van der Waals surface area contributed by atoms with Crippen molar-refractivity contribution in [2.24, 2.45) is 0 Å². The van der Waals surface area contributed by atoms with Crippen LogP contribution in [0.5, 0.6) is 0 Å². The van der Waals surface area contributed by atoms with Crippen molar-refractivity contribution in [2.75, 3.05) is 0 Å². The minimum Gasteiger partial charge on any atom is -0.375 e. The van der Waals surface area contributed by atoms with Gasteiger partial charge in [-0.2, -0.15) is 0 Å². The molecule has 0 saturated carbocycles. The Bertz CT molecular complexity index is 173. The molecule has 2 heterocycles. The molecule has 15 heavy (non-hydrogen) atoms. The van der Waals surface area contributed by atoms with Crippen molar-refractivity contribution < 1.29 is 9.47 Å². The number of hydrogen-bond donors (Lipinski definition) is 0. The fraction of sp³-hybridized carbons (Fsp3) is 1.00. The molecule has 2 rings (SSSR count). The maximum atomic E-state index is 5.81. The molecule has 0 radical (unpaired) electrons. The Balaban J connectivity index is 1.55. The zero-order valence-corrected chi connectivity index (χ0v) is 10.1. The van der Waals surface area contributed by atoms with E-state index in [0.717, 1.165) is 0 Å². The van der Waals surface area contributed by atoms with Gasteiger partial charge in [0, 0.05) is 0 Å². The second-order valence-corrected chi connectivity index (χ2v) is 5.22. The lowest BCUT2D eigenvalue weighted by Gasteiger charge is -2.13. The van der Waals surface area contributed by atoms with Gasteiger partial charge in [0.25, 0.3) is 0 Å². The molecule has 2 nitrogen and oxygen atoms in total. The van der Waals surface area contributed by atoms with E-state index in [1.165, 1.54) is 44.9 Å². The molecule has 0 spiro atoms. The Morgan fingerprint density at radius 3 is 1.60 bits per heavy atom. The largest absolute Gasteiger partial charge is 0.375 e. The van der Waals surface area contributed by atoms with Crippen LogP contribution in [0.15, 0.2) is 0 Å². The van der Waals surface area contributed by atoms with E-state index in [1.54, 1.807) is 0 Å². The topological polar surface area (TPSA) is 18.5 Å². The summed E-state index contributed by atoms with van der Waals surface area (Å²) in [5, 5.41) is 0. The average Bonchev–Trinajstić information content (AvgIpc) is 2.76. The molecule has 4 unspecified atom stereocenters. The van der Waals surface area contributed by atoms with Crippen LogP contribution in [0.3, 0.4) is 0 Å². The van der Waals surface area contributed by atoms with Crippen molar-refractivity contribution in [3.8, 4) is 0 Å². The predicted octanol–water partition coefficient (Wildman–Crippen LogP) is 3.29. The van der Waals surface area contributed by atoms with Gasteiger partial charge >= 0.3 is 0 Å². The molecule has 0 amide bonds. The molecule has 88 valence electrons. The highest BCUT2D eigenvalue weighted by Gasteiger charge is 2.24. The monoisotopic (exact) mass is 212 g/mol. The molecule has 2 fully saturated rings. The molecule has 0 bridgehead atoms. The minimum absolute atomic E-state index is 0.498. The Hall–Kier alpha value is -0.0800. The van der Waals surface area contributed by atoms with E-state index >= 15 is 0 Å². The summed E-state index contributed by atoms with van der Waals surface area (Å²) in [6, 6.07) is 0. The van der Waals surface area contributed by atoms with Gasteiger partial charge < -0.3 is 9.47 Å². The van der Waals surface area contributed by atoms with Crippen molar-refractivity contribution in [1.29, 1.82) is 0 Å². The Morgan fingerprint density at radius 1 is 0.800 bits per heavy atom. The highest BCUT2D eigenvalue weighted by atomic mass is 16.5. The summed E-state index contributed by atoms with van der Waals surface area (Å²) in [6.07, 6.45) is 10.9. The fourth-order valence-corrected chi connectivity index (χ4v) is 2.77. The average molecular weight is 212 g/mol. The summed E-state index contributed by atoms with van der Waals surface area (Å²) in [5.74, 6) is 0. The highest BCUT2D eigenvalue weighted by Crippen LogP contribution is 2.26. The molecular weight excluding hydrogens is 188 g/mol. The minimum atomic E-state index is 0.498. The van der Waals surface area contributed by atoms with Gasteiger partial charge in [0.05, 0.1) is 24.4 Å². The van der Waals surface area contributed by atoms with Gasteiger partial charge in [0.2, 0.25) is 0 Å². The van der Waals surface area contributed by atoms with Gasteiger partial charge in [-0.05, 0) is 58.8 Å². The van der Waals surface area contributed by atoms with Gasteiger partial charge in [0.1, 0.15) is 0 Å². The van der Waals surface area contributed by atoms with Crippen molar-refractivity contribution in [3.05, 3.63) is 0 Å². The number of hydrogen-bond acceptors (Lipinski definition) is 2. The van der Waals surface area contributed by atoms with Crippen LogP contribution >= 0.6 is 0 Å². The van der Waals surface area contributed by atoms with Crippen LogP contribution in [0.25, 0.3) is 0 Å². The zero-order valence-electron chi connectivity index (χ0n) is 10.1. The normalized spacial score (nSPS) is 41.2. The first kappa shape index (κ1) is 11.4. The third kappa shape index (κ3) is 3.46. The molecule has 0 aliphatic carbocycles. The van der Waals surface area contributed by atoms with Crippen LogP contribution in [0, 0.1) is 0 Å². The van der Waals surface area contributed by atoms with Crippen molar-refractivity contribution in [1.82, 2.24) is 0 Å². The molecule has 0 aromatic heterocycles. The van der Waals surface area contributed by atoms with Gasteiger partial charge in [-0.3, -0.25) is 0 Å². The molecule has 4 atom stereocenters. The molecule has 2 heteroatoms. The number of rotatable bonds is 4. The van der Waals surface area contributed by atoms with Crippen molar-refractivity contribution in [3.63, 3.8) is 0 Å². The van der Waals surface area contributed by atoms with Crippen LogP contribution < -0.4 is 0 Å². The van der Waals surface area contributed by atoms with E-state index in [-0.39, 0.29) is 0 Å². The SMILES string of the molecule is CC1CCC(CCCC2CCC(C)O2)O1. The van der Waals surface area contributed by atoms with Crippen LogP contribution in [0.4, 0.5) is 0 Å². The molecule has 0 aromatic carbocycles. The van der Waals surface area contributed by atoms with Gasteiger partial charge in [-0.15, -0.1) is 0 Å². The lowest BCUT2D eigenvalue weighted by Crippen LogP contribution is -2.11.